The van der Waals surface area contributed by atoms with E-state index < -0.39 is 18.0 Å². The fourth-order valence-corrected chi connectivity index (χ4v) is 2.65. The molecule has 1 atom stereocenters. The third kappa shape index (κ3) is 3.16. The number of alkyl halides is 3. The minimum Gasteiger partial charge on any atom is -0.333 e. The molecule has 0 saturated carbocycles. The van der Waals surface area contributed by atoms with Gasteiger partial charge < -0.3 is 5.32 Å². The molecule has 8 nitrogen and oxygen atoms in total. The van der Waals surface area contributed by atoms with Crippen LogP contribution >= 0.6 is 11.5 Å². The minimum atomic E-state index is -4.63. The predicted octanol–water partition coefficient (Wildman–Crippen LogP) is 1.28. The van der Waals surface area contributed by atoms with E-state index in [0.29, 0.717) is 30.9 Å². The number of nitrogens with zero attached hydrogens (tertiary/aromatic N) is 5. The van der Waals surface area contributed by atoms with Gasteiger partial charge in [-0.3, -0.25) is 5.32 Å². The maximum atomic E-state index is 12.4. The molecule has 0 bridgehead atoms. The van der Waals surface area contributed by atoms with E-state index in [9.17, 15) is 18.0 Å². The normalized spacial score (nSPS) is 17.9. The average Bonchev–Trinajstić information content (AvgIpc) is 3.05. The van der Waals surface area contributed by atoms with E-state index in [0.717, 1.165) is 5.82 Å². The van der Waals surface area contributed by atoms with Crippen LogP contribution in [0.4, 0.5) is 23.1 Å². The third-order valence-electron chi connectivity index (χ3n) is 3.04. The zero-order chi connectivity index (χ0) is 15.7. The molecule has 0 fully saturated rings. The molecule has 3 heterocycles. The third-order valence-corrected chi connectivity index (χ3v) is 3.67. The quantitative estimate of drug-likeness (QED) is 0.863. The van der Waals surface area contributed by atoms with Crippen molar-refractivity contribution < 1.29 is 18.0 Å². The fraction of sp³-hybridized carbons (Fsp3) is 0.500. The van der Waals surface area contributed by atoms with Gasteiger partial charge in [0.15, 0.2) is 0 Å². The van der Waals surface area contributed by atoms with E-state index in [2.05, 4.69) is 30.1 Å². The van der Waals surface area contributed by atoms with Gasteiger partial charge in [-0.2, -0.15) is 27.6 Å². The van der Waals surface area contributed by atoms with Gasteiger partial charge in [0.2, 0.25) is 11.0 Å². The number of amides is 2. The van der Waals surface area contributed by atoms with Gasteiger partial charge >= 0.3 is 12.2 Å². The van der Waals surface area contributed by atoms with Gasteiger partial charge in [-0.1, -0.05) is 0 Å². The number of urea groups is 1. The van der Waals surface area contributed by atoms with Crippen molar-refractivity contribution in [3.8, 4) is 0 Å². The highest BCUT2D eigenvalue weighted by Crippen LogP contribution is 2.28. The van der Waals surface area contributed by atoms with Crippen molar-refractivity contribution in [2.24, 2.45) is 0 Å². The molecule has 2 aromatic heterocycles. The van der Waals surface area contributed by atoms with Crippen LogP contribution in [0, 0.1) is 0 Å². The summed E-state index contributed by atoms with van der Waals surface area (Å²) in [4.78, 5) is 19.1. The summed E-state index contributed by atoms with van der Waals surface area (Å²) in [6, 6.07) is -0.803. The number of fused-ring (bicyclic) bond motifs is 1. The molecular formula is C10H10F3N7OS. The summed E-state index contributed by atoms with van der Waals surface area (Å²) < 4.78 is 41.9. The maximum absolute atomic E-state index is 12.4. The van der Waals surface area contributed by atoms with Crippen LogP contribution in [0.2, 0.25) is 0 Å². The Bertz CT molecular complexity index is 682. The molecule has 0 radical (unpaired) electrons. The molecule has 0 saturated heterocycles. The number of hydrogen-bond acceptors (Lipinski definition) is 6. The first kappa shape index (κ1) is 14.7. The first-order valence-corrected chi connectivity index (χ1v) is 7.04. The van der Waals surface area contributed by atoms with Crippen LogP contribution < -0.4 is 10.6 Å². The van der Waals surface area contributed by atoms with Gasteiger partial charge in [0.05, 0.1) is 12.6 Å². The van der Waals surface area contributed by atoms with Crippen molar-refractivity contribution >= 4 is 22.7 Å². The Kier molecular flexibility index (Phi) is 3.68. The number of carbonyl (C=O) groups excluding carboxylic acids is 1. The van der Waals surface area contributed by atoms with Crippen molar-refractivity contribution in [1.82, 2.24) is 29.4 Å². The number of carbonyl (C=O) groups is 1. The molecule has 0 spiro atoms. The Morgan fingerprint density at radius 3 is 3.00 bits per heavy atom. The predicted molar refractivity (Wildman–Crippen MR) is 69.2 cm³/mol. The molecule has 2 aromatic rings. The number of anilines is 1. The number of aromatic nitrogens is 5. The second-order valence-electron chi connectivity index (χ2n) is 4.61. The van der Waals surface area contributed by atoms with Crippen LogP contribution in [-0.2, 0) is 19.1 Å². The fourth-order valence-electron chi connectivity index (χ4n) is 2.06. The summed E-state index contributed by atoms with van der Waals surface area (Å²) in [7, 11) is 0. The van der Waals surface area contributed by atoms with E-state index >= 15 is 0 Å². The molecule has 0 aliphatic carbocycles. The molecule has 12 heteroatoms. The van der Waals surface area contributed by atoms with Crippen LogP contribution in [0.1, 0.15) is 18.1 Å². The van der Waals surface area contributed by atoms with Gasteiger partial charge in [-0.15, -0.1) is 0 Å². The van der Waals surface area contributed by atoms with Crippen LogP contribution in [0.3, 0.4) is 0 Å². The Morgan fingerprint density at radius 2 is 2.27 bits per heavy atom. The molecule has 0 aromatic carbocycles. The first-order valence-electron chi connectivity index (χ1n) is 6.27. The summed E-state index contributed by atoms with van der Waals surface area (Å²) in [6.07, 6.45) is -1.84. The van der Waals surface area contributed by atoms with E-state index in [1.54, 1.807) is 4.68 Å². The van der Waals surface area contributed by atoms with Gasteiger partial charge in [0, 0.05) is 18.0 Å². The zero-order valence-corrected chi connectivity index (χ0v) is 11.8. The monoisotopic (exact) mass is 333 g/mol. The summed E-state index contributed by atoms with van der Waals surface area (Å²) in [5, 5.41) is 8.72. The molecule has 3 rings (SSSR count). The average molecular weight is 333 g/mol. The standard InChI is InChI=1S/C10H10F3N7OS/c11-10(12,13)7-17-9(22-19-7)18-8(21)16-5-1-2-6-14-4-15-20(6)3-5/h4-5H,1-3H2,(H2,16,17,18,19,21). The lowest BCUT2D eigenvalue weighted by atomic mass is 10.1. The second kappa shape index (κ2) is 5.51. The highest BCUT2D eigenvalue weighted by atomic mass is 32.1. The van der Waals surface area contributed by atoms with E-state index in [4.69, 9.17) is 0 Å². The zero-order valence-electron chi connectivity index (χ0n) is 11.0. The lowest BCUT2D eigenvalue weighted by molar-refractivity contribution is -0.144. The lowest BCUT2D eigenvalue weighted by Crippen LogP contribution is -2.43. The molecule has 1 aliphatic heterocycles. The SMILES string of the molecule is O=C(Nc1nc(C(F)(F)F)ns1)NC1CCc2ncnn2C1. The second-order valence-corrected chi connectivity index (χ2v) is 5.37. The number of aryl methyl sites for hydroxylation is 1. The topological polar surface area (TPSA) is 97.6 Å². The highest BCUT2D eigenvalue weighted by Gasteiger charge is 2.36. The van der Waals surface area contributed by atoms with Crippen LogP contribution in [0.15, 0.2) is 6.33 Å². The summed E-state index contributed by atoms with van der Waals surface area (Å²) in [5.41, 5.74) is 0. The summed E-state index contributed by atoms with van der Waals surface area (Å²) in [6.45, 7) is 0.465. The Morgan fingerprint density at radius 1 is 1.45 bits per heavy atom. The van der Waals surface area contributed by atoms with Crippen molar-refractivity contribution in [3.63, 3.8) is 0 Å². The molecule has 1 unspecified atom stereocenters. The van der Waals surface area contributed by atoms with Gasteiger partial charge in [-0.25, -0.2) is 14.5 Å². The number of nitrogens with one attached hydrogen (secondary N) is 2. The van der Waals surface area contributed by atoms with Crippen molar-refractivity contribution in [2.75, 3.05) is 5.32 Å². The molecule has 2 N–H and O–H groups in total. The van der Waals surface area contributed by atoms with Gasteiger partial charge in [0.25, 0.3) is 0 Å². The lowest BCUT2D eigenvalue weighted by Gasteiger charge is -2.23. The van der Waals surface area contributed by atoms with Crippen molar-refractivity contribution in [2.45, 2.75) is 31.6 Å². The van der Waals surface area contributed by atoms with Gasteiger partial charge in [0.1, 0.15) is 12.2 Å². The number of hydrogen-bond donors (Lipinski definition) is 2. The summed E-state index contributed by atoms with van der Waals surface area (Å²) >= 11 is 0.476. The highest BCUT2D eigenvalue weighted by molar-refractivity contribution is 7.09. The first-order chi connectivity index (χ1) is 10.4. The molecule has 22 heavy (non-hydrogen) atoms. The van der Waals surface area contributed by atoms with E-state index in [1.165, 1.54) is 6.33 Å². The minimum absolute atomic E-state index is 0.177. The largest absolute Gasteiger partial charge is 0.452 e. The molecule has 118 valence electrons. The molecular weight excluding hydrogens is 323 g/mol. The Hall–Kier alpha value is -2.24. The van der Waals surface area contributed by atoms with Crippen LogP contribution in [0.5, 0.6) is 0 Å². The van der Waals surface area contributed by atoms with Crippen LogP contribution in [-0.4, -0.2) is 36.2 Å². The van der Waals surface area contributed by atoms with Crippen molar-refractivity contribution in [1.29, 1.82) is 0 Å². The number of halogens is 3. The Labute approximate surface area is 125 Å². The van der Waals surface area contributed by atoms with E-state index in [1.807, 2.05) is 0 Å². The smallest absolute Gasteiger partial charge is 0.333 e. The Balaban J connectivity index is 1.56. The molecule has 1 aliphatic rings. The van der Waals surface area contributed by atoms with Crippen molar-refractivity contribution in [3.05, 3.63) is 18.0 Å². The van der Waals surface area contributed by atoms with E-state index in [-0.39, 0.29) is 11.2 Å². The maximum Gasteiger partial charge on any atom is 0.452 e. The number of rotatable bonds is 2. The molecule has 2 amide bonds. The summed E-state index contributed by atoms with van der Waals surface area (Å²) in [5.74, 6) is -0.421. The van der Waals surface area contributed by atoms with Gasteiger partial charge in [-0.05, 0) is 6.42 Å². The van der Waals surface area contributed by atoms with Crippen LogP contribution in [0.25, 0.3) is 0 Å².